The summed E-state index contributed by atoms with van der Waals surface area (Å²) in [6.45, 7) is 2.50. The van der Waals surface area contributed by atoms with Crippen molar-refractivity contribution in [2.45, 2.75) is 17.7 Å². The lowest BCUT2D eigenvalue weighted by Crippen LogP contribution is -2.12. The van der Waals surface area contributed by atoms with Crippen LogP contribution in [0.15, 0.2) is 58.9 Å². The van der Waals surface area contributed by atoms with Crippen molar-refractivity contribution >= 4 is 32.9 Å². The van der Waals surface area contributed by atoms with E-state index in [1.165, 1.54) is 11.3 Å². The van der Waals surface area contributed by atoms with Crippen LogP contribution in [-0.2, 0) is 16.6 Å². The molecule has 0 saturated heterocycles. The van der Waals surface area contributed by atoms with E-state index in [2.05, 4.69) is 15.0 Å². The molecule has 0 unspecified atom stereocenters. The predicted octanol–water partition coefficient (Wildman–Crippen LogP) is 3.87. The van der Waals surface area contributed by atoms with Gasteiger partial charge in [0.15, 0.2) is 0 Å². The van der Waals surface area contributed by atoms with Gasteiger partial charge < -0.3 is 10.1 Å². The van der Waals surface area contributed by atoms with E-state index >= 15 is 0 Å². The van der Waals surface area contributed by atoms with Gasteiger partial charge in [0.1, 0.15) is 15.8 Å². The molecule has 136 valence electrons. The van der Waals surface area contributed by atoms with Crippen LogP contribution in [-0.4, -0.2) is 20.5 Å². The number of pyridine rings is 1. The number of hydrogen-bond donors (Lipinski definition) is 2. The standard InChI is InChI=1S/C18H19N3O3S2/c1-13-3-10-18(25-13)26(22,23)21-17-9-6-15(12-20-17)19-11-14-4-7-16(24-2)8-5-14/h3-10,12,19H,11H2,1-2H3,(H,20,21). The van der Waals surface area contributed by atoms with Gasteiger partial charge in [0, 0.05) is 11.4 Å². The highest BCUT2D eigenvalue weighted by atomic mass is 32.2. The third-order valence-corrected chi connectivity index (χ3v) is 6.49. The monoisotopic (exact) mass is 389 g/mol. The van der Waals surface area contributed by atoms with E-state index in [0.717, 1.165) is 21.9 Å². The first kappa shape index (κ1) is 18.2. The number of rotatable bonds is 7. The number of anilines is 2. The maximum absolute atomic E-state index is 12.3. The molecule has 0 aliphatic carbocycles. The van der Waals surface area contributed by atoms with Gasteiger partial charge in [0.2, 0.25) is 0 Å². The zero-order valence-corrected chi connectivity index (χ0v) is 16.0. The number of benzene rings is 1. The van der Waals surface area contributed by atoms with Gasteiger partial charge in [-0.25, -0.2) is 13.4 Å². The zero-order chi connectivity index (χ0) is 18.6. The largest absolute Gasteiger partial charge is 0.497 e. The highest BCUT2D eigenvalue weighted by molar-refractivity contribution is 7.94. The smallest absolute Gasteiger partial charge is 0.272 e. The van der Waals surface area contributed by atoms with Crippen LogP contribution in [0.5, 0.6) is 5.75 Å². The molecule has 8 heteroatoms. The van der Waals surface area contributed by atoms with Crippen molar-refractivity contribution < 1.29 is 13.2 Å². The Morgan fingerprint density at radius 1 is 1.08 bits per heavy atom. The van der Waals surface area contributed by atoms with E-state index in [1.54, 1.807) is 37.6 Å². The Bertz CT molecular complexity index is 966. The first-order chi connectivity index (χ1) is 12.5. The molecule has 0 aliphatic heterocycles. The minimum absolute atomic E-state index is 0.276. The average molecular weight is 390 g/mol. The number of nitrogens with one attached hydrogen (secondary N) is 2. The first-order valence-electron chi connectivity index (χ1n) is 7.88. The molecular weight excluding hydrogens is 370 g/mol. The minimum atomic E-state index is -3.59. The average Bonchev–Trinajstić information content (AvgIpc) is 3.09. The summed E-state index contributed by atoms with van der Waals surface area (Å²) in [5, 5.41) is 3.25. The number of nitrogens with zero attached hydrogens (tertiary/aromatic N) is 1. The summed E-state index contributed by atoms with van der Waals surface area (Å²) in [4.78, 5) is 5.11. The fourth-order valence-corrected chi connectivity index (χ4v) is 4.54. The van der Waals surface area contributed by atoms with E-state index in [4.69, 9.17) is 4.74 Å². The molecule has 0 atom stereocenters. The van der Waals surface area contributed by atoms with Gasteiger partial charge >= 0.3 is 0 Å². The van der Waals surface area contributed by atoms with Gasteiger partial charge in [0.25, 0.3) is 10.0 Å². The van der Waals surface area contributed by atoms with Crippen LogP contribution in [0.25, 0.3) is 0 Å². The minimum Gasteiger partial charge on any atom is -0.497 e. The molecule has 0 fully saturated rings. The fraction of sp³-hybridized carbons (Fsp3) is 0.167. The van der Waals surface area contributed by atoms with Crippen LogP contribution >= 0.6 is 11.3 Å². The summed E-state index contributed by atoms with van der Waals surface area (Å²) in [6, 6.07) is 14.5. The van der Waals surface area contributed by atoms with E-state index < -0.39 is 10.0 Å². The zero-order valence-electron chi connectivity index (χ0n) is 14.4. The second kappa shape index (κ2) is 7.76. The third-order valence-electron chi connectivity index (χ3n) is 3.64. The Morgan fingerprint density at radius 2 is 1.85 bits per heavy atom. The van der Waals surface area contributed by atoms with Gasteiger partial charge in [-0.05, 0) is 48.9 Å². The first-order valence-corrected chi connectivity index (χ1v) is 10.2. The quantitative estimate of drug-likeness (QED) is 0.641. The second-order valence-electron chi connectivity index (χ2n) is 5.60. The summed E-state index contributed by atoms with van der Waals surface area (Å²) in [5.74, 6) is 1.10. The lowest BCUT2D eigenvalue weighted by Gasteiger charge is -2.09. The summed E-state index contributed by atoms with van der Waals surface area (Å²) < 4.78 is 32.5. The lowest BCUT2D eigenvalue weighted by molar-refractivity contribution is 0.414. The van der Waals surface area contributed by atoms with Crippen LogP contribution in [0.2, 0.25) is 0 Å². The molecule has 2 N–H and O–H groups in total. The summed E-state index contributed by atoms with van der Waals surface area (Å²) >= 11 is 1.23. The number of thiophene rings is 1. The number of aryl methyl sites for hydroxylation is 1. The molecule has 3 rings (SSSR count). The highest BCUT2D eigenvalue weighted by Gasteiger charge is 2.16. The van der Waals surface area contributed by atoms with Gasteiger partial charge in [-0.2, -0.15) is 0 Å². The molecule has 26 heavy (non-hydrogen) atoms. The molecule has 3 aromatic rings. The summed E-state index contributed by atoms with van der Waals surface area (Å²) in [7, 11) is -1.96. The van der Waals surface area contributed by atoms with Crippen molar-refractivity contribution in [3.8, 4) is 5.75 Å². The van der Waals surface area contributed by atoms with E-state index in [0.29, 0.717) is 6.54 Å². The molecular formula is C18H19N3O3S2. The molecule has 0 aliphatic rings. The van der Waals surface area contributed by atoms with Crippen LogP contribution in [0, 0.1) is 6.92 Å². The maximum Gasteiger partial charge on any atom is 0.272 e. The van der Waals surface area contributed by atoms with Crippen molar-refractivity contribution in [3.05, 3.63) is 65.2 Å². The van der Waals surface area contributed by atoms with Gasteiger partial charge in [-0.1, -0.05) is 12.1 Å². The topological polar surface area (TPSA) is 80.3 Å². The van der Waals surface area contributed by atoms with Crippen LogP contribution in [0.4, 0.5) is 11.5 Å². The predicted molar refractivity (Wildman–Crippen MR) is 104 cm³/mol. The number of ether oxygens (including phenoxy) is 1. The molecule has 1 aromatic carbocycles. The molecule has 0 amide bonds. The molecule has 0 radical (unpaired) electrons. The van der Waals surface area contributed by atoms with Crippen molar-refractivity contribution in [3.63, 3.8) is 0 Å². The van der Waals surface area contributed by atoms with E-state index in [1.807, 2.05) is 31.2 Å². The number of sulfonamides is 1. The van der Waals surface area contributed by atoms with E-state index in [-0.39, 0.29) is 10.0 Å². The second-order valence-corrected chi connectivity index (χ2v) is 8.80. The Morgan fingerprint density at radius 3 is 2.42 bits per heavy atom. The van der Waals surface area contributed by atoms with Gasteiger partial charge in [-0.3, -0.25) is 4.72 Å². The van der Waals surface area contributed by atoms with Gasteiger partial charge in [0.05, 0.1) is 19.0 Å². The molecule has 0 saturated carbocycles. The molecule has 2 aromatic heterocycles. The van der Waals surface area contributed by atoms with E-state index in [9.17, 15) is 8.42 Å². The Labute approximate surface area is 156 Å². The Balaban J connectivity index is 1.61. The normalized spacial score (nSPS) is 11.2. The highest BCUT2D eigenvalue weighted by Crippen LogP contribution is 2.23. The van der Waals surface area contributed by atoms with Crippen molar-refractivity contribution in [1.82, 2.24) is 4.98 Å². The molecule has 2 heterocycles. The molecule has 0 spiro atoms. The molecule has 6 nitrogen and oxygen atoms in total. The SMILES string of the molecule is COc1ccc(CNc2ccc(NS(=O)(=O)c3ccc(C)s3)nc2)cc1. The fourth-order valence-electron chi connectivity index (χ4n) is 2.25. The lowest BCUT2D eigenvalue weighted by atomic mass is 10.2. The van der Waals surface area contributed by atoms with Crippen LogP contribution in [0.3, 0.4) is 0 Å². The van der Waals surface area contributed by atoms with Crippen LogP contribution in [0.1, 0.15) is 10.4 Å². The van der Waals surface area contributed by atoms with Crippen LogP contribution < -0.4 is 14.8 Å². The number of methoxy groups -OCH3 is 1. The van der Waals surface area contributed by atoms with Crippen molar-refractivity contribution in [1.29, 1.82) is 0 Å². The van der Waals surface area contributed by atoms with Crippen molar-refractivity contribution in [2.24, 2.45) is 0 Å². The summed E-state index contributed by atoms with van der Waals surface area (Å²) in [6.07, 6.45) is 1.60. The summed E-state index contributed by atoms with van der Waals surface area (Å²) in [5.41, 5.74) is 1.90. The van der Waals surface area contributed by atoms with Crippen molar-refractivity contribution in [2.75, 3.05) is 17.1 Å². The molecule has 0 bridgehead atoms. The van der Waals surface area contributed by atoms with Gasteiger partial charge in [-0.15, -0.1) is 11.3 Å². The third kappa shape index (κ3) is 4.53. The Kier molecular flexibility index (Phi) is 5.43. The maximum atomic E-state index is 12.3. The number of aromatic nitrogens is 1. The number of hydrogen-bond acceptors (Lipinski definition) is 6. The Hall–Kier alpha value is -2.58.